The summed E-state index contributed by atoms with van der Waals surface area (Å²) in [5.74, 6) is 0. The van der Waals surface area contributed by atoms with Crippen molar-refractivity contribution in [2.75, 3.05) is 6.61 Å². The molecule has 0 atom stereocenters. The van der Waals surface area contributed by atoms with Gasteiger partial charge in [0.1, 0.15) is 0 Å². The first-order valence-electron chi connectivity index (χ1n) is 6.62. The molecule has 0 amide bonds. The molecule has 0 aromatic heterocycles. The van der Waals surface area contributed by atoms with E-state index in [-0.39, 0.29) is 5.41 Å². The lowest BCUT2D eigenvalue weighted by atomic mass is 9.88. The van der Waals surface area contributed by atoms with E-state index in [0.717, 1.165) is 0 Å². The van der Waals surface area contributed by atoms with Crippen LogP contribution in [0.5, 0.6) is 0 Å². The summed E-state index contributed by atoms with van der Waals surface area (Å²) < 4.78 is 5.23. The Hall–Kier alpha value is -0.930. The molecule has 0 heterocycles. The van der Waals surface area contributed by atoms with Gasteiger partial charge in [0.2, 0.25) is 0 Å². The Morgan fingerprint density at radius 3 is 2.41 bits per heavy atom. The van der Waals surface area contributed by atoms with Crippen molar-refractivity contribution in [1.29, 1.82) is 5.53 Å². The Morgan fingerprint density at radius 2 is 1.76 bits per heavy atom. The van der Waals surface area contributed by atoms with Crippen molar-refractivity contribution >= 4 is 6.40 Å². The highest BCUT2D eigenvalue weighted by atomic mass is 16.5. The van der Waals surface area contributed by atoms with Crippen molar-refractivity contribution in [1.82, 2.24) is 0 Å². The van der Waals surface area contributed by atoms with Gasteiger partial charge in [-0.25, -0.2) is 0 Å². The number of hydrogen-bond donors (Lipinski definition) is 1. The predicted molar refractivity (Wildman–Crippen MR) is 71.4 cm³/mol. The van der Waals surface area contributed by atoms with Gasteiger partial charge in [-0.05, 0) is 17.1 Å². The van der Waals surface area contributed by atoms with Crippen LogP contribution >= 0.6 is 0 Å². The minimum Gasteiger partial charge on any atom is -0.481 e. The van der Waals surface area contributed by atoms with E-state index in [9.17, 15) is 0 Å². The van der Waals surface area contributed by atoms with Crippen molar-refractivity contribution in [3.8, 4) is 0 Å². The van der Waals surface area contributed by atoms with Crippen LogP contribution < -0.4 is 0 Å². The van der Waals surface area contributed by atoms with Crippen molar-refractivity contribution in [2.45, 2.75) is 65.7 Å². The van der Waals surface area contributed by atoms with Crippen molar-refractivity contribution in [2.24, 2.45) is 15.7 Å². The first-order chi connectivity index (χ1) is 8.12. The van der Waals surface area contributed by atoms with Gasteiger partial charge in [0.15, 0.2) is 6.40 Å². The largest absolute Gasteiger partial charge is 0.481 e. The van der Waals surface area contributed by atoms with Gasteiger partial charge in [0.25, 0.3) is 0 Å². The Bertz CT molecular complexity index is 215. The van der Waals surface area contributed by atoms with Gasteiger partial charge in [-0.2, -0.15) is 5.53 Å². The summed E-state index contributed by atoms with van der Waals surface area (Å²) >= 11 is 0. The second-order valence-corrected chi connectivity index (χ2v) is 5.31. The number of ether oxygens (including phenoxy) is 1. The summed E-state index contributed by atoms with van der Waals surface area (Å²) in [6.07, 6.45) is 10.4. The Labute approximate surface area is 105 Å². The summed E-state index contributed by atoms with van der Waals surface area (Å²) in [6, 6.07) is 0. The van der Waals surface area contributed by atoms with Gasteiger partial charge in [-0.15, -0.1) is 5.10 Å². The molecule has 17 heavy (non-hydrogen) atoms. The molecule has 100 valence electrons. The number of unbranched alkanes of at least 4 members (excludes halogenated alkanes) is 5. The monoisotopic (exact) mass is 241 g/mol. The molecule has 0 fully saturated rings. The molecule has 0 unspecified atom stereocenters. The molecule has 0 bridgehead atoms. The second-order valence-electron chi connectivity index (χ2n) is 5.31. The average Bonchev–Trinajstić information content (AvgIpc) is 2.29. The van der Waals surface area contributed by atoms with Crippen LogP contribution in [0.4, 0.5) is 0 Å². The molecule has 0 spiro atoms. The maximum Gasteiger partial charge on any atom is 0.196 e. The van der Waals surface area contributed by atoms with Crippen molar-refractivity contribution in [3.05, 3.63) is 0 Å². The van der Waals surface area contributed by atoms with Crippen LogP contribution in [-0.4, -0.2) is 13.0 Å². The first kappa shape index (κ1) is 16.1. The van der Waals surface area contributed by atoms with Crippen LogP contribution in [0.1, 0.15) is 65.7 Å². The lowest BCUT2D eigenvalue weighted by Gasteiger charge is -2.23. The number of nitrogens with zero attached hydrogens (tertiary/aromatic N) is 2. The third kappa shape index (κ3) is 11.3. The van der Waals surface area contributed by atoms with Crippen molar-refractivity contribution < 1.29 is 4.74 Å². The van der Waals surface area contributed by atoms with E-state index in [1.807, 2.05) is 0 Å². The highest BCUT2D eigenvalue weighted by molar-refractivity contribution is 5.45. The zero-order chi connectivity index (χ0) is 13.0. The van der Waals surface area contributed by atoms with E-state index in [0.29, 0.717) is 6.61 Å². The molecule has 0 aliphatic rings. The maximum absolute atomic E-state index is 6.48. The molecule has 4 heteroatoms. The summed E-state index contributed by atoms with van der Waals surface area (Å²) in [6.45, 7) is 7.28. The van der Waals surface area contributed by atoms with E-state index in [1.165, 1.54) is 51.3 Å². The maximum atomic E-state index is 6.48. The molecular weight excluding hydrogens is 214 g/mol. The summed E-state index contributed by atoms with van der Waals surface area (Å²) in [7, 11) is 0. The third-order valence-electron chi connectivity index (χ3n) is 2.86. The molecule has 0 rings (SSSR count). The number of hydrogen-bond acceptors (Lipinski definition) is 3. The first-order valence-corrected chi connectivity index (χ1v) is 6.62. The van der Waals surface area contributed by atoms with Crippen LogP contribution in [0.3, 0.4) is 0 Å². The topological polar surface area (TPSA) is 57.8 Å². The Morgan fingerprint density at radius 1 is 1.12 bits per heavy atom. The van der Waals surface area contributed by atoms with Gasteiger partial charge in [-0.3, -0.25) is 0 Å². The van der Waals surface area contributed by atoms with Crippen LogP contribution in [0.15, 0.2) is 10.3 Å². The lowest BCUT2D eigenvalue weighted by Crippen LogP contribution is -2.18. The smallest absolute Gasteiger partial charge is 0.196 e. The zero-order valence-electron chi connectivity index (χ0n) is 11.5. The minimum absolute atomic E-state index is 0.179. The summed E-state index contributed by atoms with van der Waals surface area (Å²) in [4.78, 5) is 0. The average molecular weight is 241 g/mol. The van der Waals surface area contributed by atoms with E-state index >= 15 is 0 Å². The van der Waals surface area contributed by atoms with Crippen molar-refractivity contribution in [3.63, 3.8) is 0 Å². The van der Waals surface area contributed by atoms with Gasteiger partial charge >= 0.3 is 0 Å². The predicted octanol–water partition coefficient (Wildman–Crippen LogP) is 4.75. The quantitative estimate of drug-likeness (QED) is 0.183. The highest BCUT2D eigenvalue weighted by Crippen LogP contribution is 2.24. The zero-order valence-corrected chi connectivity index (χ0v) is 11.5. The summed E-state index contributed by atoms with van der Waals surface area (Å²) in [5.41, 5.74) is 6.65. The molecule has 0 aliphatic heterocycles. The van der Waals surface area contributed by atoms with Gasteiger partial charge in [-0.1, -0.05) is 59.3 Å². The molecule has 1 N–H and O–H groups in total. The molecule has 0 aromatic rings. The SMILES string of the molecule is CCCCCCCCC(C)(C)CO/C=N/N=N. The van der Waals surface area contributed by atoms with E-state index in [1.54, 1.807) is 0 Å². The highest BCUT2D eigenvalue weighted by Gasteiger charge is 2.17. The molecule has 0 saturated carbocycles. The number of rotatable bonds is 11. The standard InChI is InChI=1S/C13H27N3O/c1-4-5-6-7-8-9-10-13(2,3)11-17-12-15-16-14/h12,14H,4-11H2,1-3H3/b15-12+,16-14?. The van der Waals surface area contributed by atoms with Crippen LogP contribution in [0, 0.1) is 10.9 Å². The van der Waals surface area contributed by atoms with E-state index in [2.05, 4.69) is 31.1 Å². The van der Waals surface area contributed by atoms with E-state index < -0.39 is 0 Å². The van der Waals surface area contributed by atoms with Crippen LogP contribution in [-0.2, 0) is 4.74 Å². The fourth-order valence-electron chi connectivity index (χ4n) is 1.78. The van der Waals surface area contributed by atoms with Gasteiger partial charge < -0.3 is 4.74 Å². The molecule has 0 aliphatic carbocycles. The van der Waals surface area contributed by atoms with Crippen LogP contribution in [0.2, 0.25) is 0 Å². The minimum atomic E-state index is 0.179. The fraction of sp³-hybridized carbons (Fsp3) is 0.923. The van der Waals surface area contributed by atoms with Crippen LogP contribution in [0.25, 0.3) is 0 Å². The molecule has 0 saturated heterocycles. The molecule has 0 radical (unpaired) electrons. The second kappa shape index (κ2) is 10.2. The summed E-state index contributed by atoms with van der Waals surface area (Å²) in [5, 5.41) is 6.20. The Balaban J connectivity index is 3.49. The third-order valence-corrected chi connectivity index (χ3v) is 2.86. The molecule has 0 aromatic carbocycles. The van der Waals surface area contributed by atoms with E-state index in [4.69, 9.17) is 10.3 Å². The molecule has 4 nitrogen and oxygen atoms in total. The number of nitrogens with one attached hydrogen (secondary N) is 1. The normalized spacial score (nSPS) is 11.9. The Kier molecular flexibility index (Phi) is 9.68. The van der Waals surface area contributed by atoms with Gasteiger partial charge in [0, 0.05) is 0 Å². The fourth-order valence-corrected chi connectivity index (χ4v) is 1.78. The van der Waals surface area contributed by atoms with Gasteiger partial charge in [0.05, 0.1) is 6.61 Å². The molecular formula is C13H27N3O. The lowest BCUT2D eigenvalue weighted by molar-refractivity contribution is 0.163.